The summed E-state index contributed by atoms with van der Waals surface area (Å²) >= 11 is 0. The molecule has 1 fully saturated rings. The summed E-state index contributed by atoms with van der Waals surface area (Å²) in [6.45, 7) is 2.55. The molecule has 0 radical (unpaired) electrons. The largest absolute Gasteiger partial charge is 0.384 e. The Labute approximate surface area is 101 Å². The molecule has 1 saturated carbocycles. The molecule has 17 heavy (non-hydrogen) atoms. The lowest BCUT2D eigenvalue weighted by Gasteiger charge is -2.11. The number of rotatable bonds is 5. The van der Waals surface area contributed by atoms with E-state index in [1.54, 1.807) is 0 Å². The number of anilines is 1. The monoisotopic (exact) mass is 255 g/mol. The number of nitrogen functional groups attached to an aromatic ring is 1. The van der Waals surface area contributed by atoms with Crippen LogP contribution in [-0.4, -0.2) is 19.9 Å². The number of nitrogens with one attached hydrogen (secondary N) is 1. The van der Waals surface area contributed by atoms with Crippen molar-refractivity contribution in [3.63, 3.8) is 0 Å². The highest BCUT2D eigenvalue weighted by Crippen LogP contribution is 2.36. The molecule has 1 unspecified atom stereocenters. The van der Waals surface area contributed by atoms with E-state index in [2.05, 4.69) is 16.6 Å². The third-order valence-corrected chi connectivity index (χ3v) is 4.51. The zero-order valence-corrected chi connectivity index (χ0v) is 10.6. The first-order chi connectivity index (χ1) is 7.99. The quantitative estimate of drug-likeness (QED) is 0.821. The van der Waals surface area contributed by atoms with Crippen molar-refractivity contribution < 1.29 is 8.42 Å². The minimum atomic E-state index is -3.45. The van der Waals surface area contributed by atoms with Gasteiger partial charge in [-0.05, 0) is 30.7 Å². The highest BCUT2D eigenvalue weighted by molar-refractivity contribution is 7.89. The molecule has 0 saturated heterocycles. The van der Waals surface area contributed by atoms with Crippen molar-refractivity contribution in [2.24, 2.45) is 11.8 Å². The van der Waals surface area contributed by atoms with Gasteiger partial charge in [-0.25, -0.2) is 18.1 Å². The van der Waals surface area contributed by atoms with E-state index in [1.165, 1.54) is 31.2 Å². The number of hydrogen-bond donors (Lipinski definition) is 2. The molecule has 6 heteroatoms. The highest BCUT2D eigenvalue weighted by Gasteiger charge is 2.28. The molecular weight excluding hydrogens is 238 g/mol. The predicted molar refractivity (Wildman–Crippen MR) is 65.7 cm³/mol. The van der Waals surface area contributed by atoms with E-state index in [9.17, 15) is 8.42 Å². The van der Waals surface area contributed by atoms with Crippen LogP contribution in [0.25, 0.3) is 0 Å². The van der Waals surface area contributed by atoms with E-state index in [0.717, 1.165) is 0 Å². The van der Waals surface area contributed by atoms with Gasteiger partial charge in [-0.1, -0.05) is 6.92 Å². The normalized spacial score (nSPS) is 17.9. The van der Waals surface area contributed by atoms with Crippen LogP contribution < -0.4 is 10.5 Å². The Morgan fingerprint density at radius 2 is 2.29 bits per heavy atom. The fourth-order valence-corrected chi connectivity index (χ4v) is 2.92. The Kier molecular flexibility index (Phi) is 3.35. The molecule has 3 N–H and O–H groups in total. The van der Waals surface area contributed by atoms with E-state index in [0.29, 0.717) is 18.4 Å². The van der Waals surface area contributed by atoms with Crippen LogP contribution in [0.2, 0.25) is 0 Å². The van der Waals surface area contributed by atoms with Crippen LogP contribution in [0, 0.1) is 11.8 Å². The molecule has 2 rings (SSSR count). The van der Waals surface area contributed by atoms with Gasteiger partial charge in [-0.3, -0.25) is 0 Å². The first-order valence-corrected chi connectivity index (χ1v) is 7.18. The first-order valence-electron chi connectivity index (χ1n) is 5.70. The maximum absolute atomic E-state index is 11.9. The number of hydrogen-bond acceptors (Lipinski definition) is 4. The minimum Gasteiger partial charge on any atom is -0.384 e. The third-order valence-electron chi connectivity index (χ3n) is 3.08. The lowest BCUT2D eigenvalue weighted by Crippen LogP contribution is -2.29. The molecule has 0 aliphatic heterocycles. The molecular formula is C11H17N3O2S. The molecule has 0 bridgehead atoms. The van der Waals surface area contributed by atoms with Crippen LogP contribution >= 0.6 is 0 Å². The van der Waals surface area contributed by atoms with Crippen molar-refractivity contribution in [1.29, 1.82) is 0 Å². The summed E-state index contributed by atoms with van der Waals surface area (Å²) in [5.41, 5.74) is 5.47. The number of nitrogens with two attached hydrogens (primary N) is 1. The van der Waals surface area contributed by atoms with Gasteiger partial charge in [-0.2, -0.15) is 0 Å². The fraction of sp³-hybridized carbons (Fsp3) is 0.545. The molecule has 1 aromatic heterocycles. The Hall–Kier alpha value is -1.14. The van der Waals surface area contributed by atoms with Crippen LogP contribution in [0.3, 0.4) is 0 Å². The van der Waals surface area contributed by atoms with Gasteiger partial charge in [-0.15, -0.1) is 0 Å². The van der Waals surface area contributed by atoms with Crippen molar-refractivity contribution in [2.75, 3.05) is 12.3 Å². The molecule has 94 valence electrons. The lowest BCUT2D eigenvalue weighted by molar-refractivity contribution is 0.492. The molecule has 1 atom stereocenters. The Balaban J connectivity index is 2.03. The van der Waals surface area contributed by atoms with Crippen LogP contribution in [-0.2, 0) is 10.0 Å². The summed E-state index contributed by atoms with van der Waals surface area (Å²) in [5, 5.41) is 0. The van der Waals surface area contributed by atoms with Gasteiger partial charge < -0.3 is 5.73 Å². The Morgan fingerprint density at radius 3 is 2.88 bits per heavy atom. The molecule has 0 spiro atoms. The zero-order valence-electron chi connectivity index (χ0n) is 9.76. The molecule has 0 aromatic carbocycles. The highest BCUT2D eigenvalue weighted by atomic mass is 32.2. The SMILES string of the molecule is CC(CNS(=O)(=O)c1ccnc(N)c1)C1CC1. The van der Waals surface area contributed by atoms with Crippen molar-refractivity contribution in [2.45, 2.75) is 24.7 Å². The molecule has 1 aliphatic rings. The average molecular weight is 255 g/mol. The van der Waals surface area contributed by atoms with Gasteiger partial charge in [0.05, 0.1) is 4.90 Å². The lowest BCUT2D eigenvalue weighted by atomic mass is 10.1. The molecule has 5 nitrogen and oxygen atoms in total. The number of pyridine rings is 1. The molecule has 0 amide bonds. The number of nitrogens with zero attached hydrogens (tertiary/aromatic N) is 1. The second kappa shape index (κ2) is 4.62. The van der Waals surface area contributed by atoms with Crippen LogP contribution in [0.1, 0.15) is 19.8 Å². The summed E-state index contributed by atoms with van der Waals surface area (Å²) in [7, 11) is -3.45. The van der Waals surface area contributed by atoms with E-state index in [1.807, 2.05) is 0 Å². The van der Waals surface area contributed by atoms with Gasteiger partial charge in [0.2, 0.25) is 10.0 Å². The maximum Gasteiger partial charge on any atom is 0.240 e. The van der Waals surface area contributed by atoms with Gasteiger partial charge in [0.1, 0.15) is 5.82 Å². The average Bonchev–Trinajstić information content (AvgIpc) is 3.10. The van der Waals surface area contributed by atoms with Gasteiger partial charge in [0, 0.05) is 18.8 Å². The zero-order chi connectivity index (χ0) is 12.5. The fourth-order valence-electron chi connectivity index (χ4n) is 1.75. The molecule has 1 heterocycles. The summed E-state index contributed by atoms with van der Waals surface area (Å²) in [4.78, 5) is 3.95. The van der Waals surface area contributed by atoms with Crippen molar-refractivity contribution in [1.82, 2.24) is 9.71 Å². The van der Waals surface area contributed by atoms with Crippen molar-refractivity contribution in [3.8, 4) is 0 Å². The van der Waals surface area contributed by atoms with Gasteiger partial charge in [0.15, 0.2) is 0 Å². The smallest absolute Gasteiger partial charge is 0.240 e. The van der Waals surface area contributed by atoms with Crippen LogP contribution in [0.5, 0.6) is 0 Å². The van der Waals surface area contributed by atoms with Gasteiger partial charge in [0.25, 0.3) is 0 Å². The predicted octanol–water partition coefficient (Wildman–Crippen LogP) is 0.988. The van der Waals surface area contributed by atoms with Crippen LogP contribution in [0.4, 0.5) is 5.82 Å². The summed E-state index contributed by atoms with van der Waals surface area (Å²) in [6, 6.07) is 2.81. The second-order valence-corrected chi connectivity index (χ2v) is 6.35. The van der Waals surface area contributed by atoms with E-state index < -0.39 is 10.0 Å². The Bertz CT molecular complexity index is 497. The van der Waals surface area contributed by atoms with Gasteiger partial charge >= 0.3 is 0 Å². The standard InChI is InChI=1S/C11H17N3O2S/c1-8(9-2-3-9)7-14-17(15,16)10-4-5-13-11(12)6-10/h4-6,8-9,14H,2-3,7H2,1H3,(H2,12,13). The second-order valence-electron chi connectivity index (χ2n) is 4.58. The number of sulfonamides is 1. The molecule has 1 aliphatic carbocycles. The summed E-state index contributed by atoms with van der Waals surface area (Å²) in [5.74, 6) is 1.28. The topological polar surface area (TPSA) is 85.1 Å². The van der Waals surface area contributed by atoms with E-state index >= 15 is 0 Å². The van der Waals surface area contributed by atoms with Crippen LogP contribution in [0.15, 0.2) is 23.2 Å². The summed E-state index contributed by atoms with van der Waals surface area (Å²) in [6.07, 6.45) is 3.82. The molecule has 1 aromatic rings. The Morgan fingerprint density at radius 1 is 1.59 bits per heavy atom. The maximum atomic E-state index is 11.9. The number of aromatic nitrogens is 1. The first kappa shape index (κ1) is 12.3. The van der Waals surface area contributed by atoms with E-state index in [4.69, 9.17) is 5.73 Å². The third kappa shape index (κ3) is 3.17. The van der Waals surface area contributed by atoms with Crippen molar-refractivity contribution >= 4 is 15.8 Å². The summed E-state index contributed by atoms with van der Waals surface area (Å²) < 4.78 is 26.5. The van der Waals surface area contributed by atoms with Crippen molar-refractivity contribution in [3.05, 3.63) is 18.3 Å². The minimum absolute atomic E-state index is 0.174. The van der Waals surface area contributed by atoms with E-state index in [-0.39, 0.29) is 10.7 Å².